The topological polar surface area (TPSA) is 49.8 Å². The van der Waals surface area contributed by atoms with Crippen LogP contribution in [0.15, 0.2) is 0 Å². The lowest BCUT2D eigenvalue weighted by Crippen LogP contribution is -2.41. The molecule has 4 nitrogen and oxygen atoms in total. The Labute approximate surface area is 98.7 Å². The smallest absolute Gasteiger partial charge is 0.410 e. The zero-order valence-electron chi connectivity index (χ0n) is 9.36. The molecule has 1 amide bonds. The molecule has 0 aromatic carbocycles. The summed E-state index contributed by atoms with van der Waals surface area (Å²) in [6.45, 7) is 6.09. The fourth-order valence-electron chi connectivity index (χ4n) is 1.58. The van der Waals surface area contributed by atoms with E-state index in [2.05, 4.69) is 15.9 Å². The summed E-state index contributed by atoms with van der Waals surface area (Å²) in [5.74, 6) is 0. The third-order valence-corrected chi connectivity index (χ3v) is 2.87. The minimum absolute atomic E-state index is 0.0126. The largest absolute Gasteiger partial charge is 0.444 e. The second-order valence-electron chi connectivity index (χ2n) is 4.80. The normalized spacial score (nSPS) is 26.9. The van der Waals surface area contributed by atoms with Crippen LogP contribution in [-0.2, 0) is 4.74 Å². The van der Waals surface area contributed by atoms with Gasteiger partial charge in [-0.05, 0) is 27.2 Å². The predicted octanol–water partition coefficient (Wildman–Crippen LogP) is 1.75. The first-order chi connectivity index (χ1) is 6.83. The van der Waals surface area contributed by atoms with Crippen LogP contribution in [0.3, 0.4) is 0 Å². The Morgan fingerprint density at radius 2 is 2.20 bits per heavy atom. The maximum Gasteiger partial charge on any atom is 0.410 e. The van der Waals surface area contributed by atoms with Crippen LogP contribution < -0.4 is 0 Å². The number of carbonyl (C=O) groups excluding carboxylic acids is 1. The maximum atomic E-state index is 11.7. The van der Waals surface area contributed by atoms with Gasteiger partial charge in [-0.2, -0.15) is 0 Å². The SMILES string of the molecule is CC(C)(C)OC(=O)N1C[C@@H](Br)C[C@H]1CO. The Kier molecular flexibility index (Phi) is 4.00. The summed E-state index contributed by atoms with van der Waals surface area (Å²) in [4.78, 5) is 13.6. The van der Waals surface area contributed by atoms with E-state index in [4.69, 9.17) is 9.84 Å². The third kappa shape index (κ3) is 3.65. The first-order valence-electron chi connectivity index (χ1n) is 5.08. The van der Waals surface area contributed by atoms with Crippen molar-refractivity contribution in [1.29, 1.82) is 0 Å². The minimum Gasteiger partial charge on any atom is -0.444 e. The molecular weight excluding hydrogens is 262 g/mol. The molecule has 0 aromatic rings. The molecule has 0 bridgehead atoms. The number of carbonyl (C=O) groups is 1. The van der Waals surface area contributed by atoms with E-state index in [1.807, 2.05) is 20.8 Å². The first kappa shape index (κ1) is 12.8. The molecule has 1 aliphatic rings. The number of amides is 1. The predicted molar refractivity (Wildman–Crippen MR) is 61.1 cm³/mol. The number of hydrogen-bond acceptors (Lipinski definition) is 3. The van der Waals surface area contributed by atoms with Crippen LogP contribution >= 0.6 is 15.9 Å². The Hall–Kier alpha value is -0.290. The number of rotatable bonds is 1. The number of alkyl halides is 1. The Morgan fingerprint density at radius 3 is 2.67 bits per heavy atom. The van der Waals surface area contributed by atoms with Crippen LogP contribution in [0.25, 0.3) is 0 Å². The standard InChI is InChI=1S/C10H18BrNO3/c1-10(2,3)15-9(14)12-5-7(11)4-8(12)6-13/h7-8,13H,4-6H2,1-3H3/t7-,8-/m0/s1. The molecule has 0 unspecified atom stereocenters. The monoisotopic (exact) mass is 279 g/mol. The van der Waals surface area contributed by atoms with E-state index in [1.54, 1.807) is 4.90 Å². The molecule has 1 heterocycles. The number of likely N-dealkylation sites (tertiary alicyclic amines) is 1. The van der Waals surface area contributed by atoms with Crippen LogP contribution in [0.2, 0.25) is 0 Å². The number of aliphatic hydroxyl groups excluding tert-OH is 1. The number of aliphatic hydroxyl groups is 1. The van der Waals surface area contributed by atoms with Crippen molar-refractivity contribution in [2.75, 3.05) is 13.2 Å². The van der Waals surface area contributed by atoms with Crippen LogP contribution in [0.5, 0.6) is 0 Å². The van der Waals surface area contributed by atoms with Gasteiger partial charge in [0.1, 0.15) is 5.60 Å². The third-order valence-electron chi connectivity index (χ3n) is 2.20. The molecule has 0 aromatic heterocycles. The van der Waals surface area contributed by atoms with Crippen LogP contribution in [0.4, 0.5) is 4.79 Å². The van der Waals surface area contributed by atoms with E-state index < -0.39 is 5.60 Å². The fourth-order valence-corrected chi connectivity index (χ4v) is 2.32. The number of nitrogens with zero attached hydrogens (tertiary/aromatic N) is 1. The van der Waals surface area contributed by atoms with Gasteiger partial charge in [0, 0.05) is 11.4 Å². The van der Waals surface area contributed by atoms with Gasteiger partial charge < -0.3 is 14.7 Å². The fraction of sp³-hybridized carbons (Fsp3) is 0.900. The van der Waals surface area contributed by atoms with Crippen molar-refractivity contribution in [1.82, 2.24) is 4.90 Å². The summed E-state index contributed by atoms with van der Waals surface area (Å²) in [6.07, 6.45) is 0.430. The summed E-state index contributed by atoms with van der Waals surface area (Å²) in [5, 5.41) is 9.13. The Morgan fingerprint density at radius 1 is 1.60 bits per heavy atom. The average Bonchev–Trinajstić information content (AvgIpc) is 2.43. The average molecular weight is 280 g/mol. The zero-order valence-corrected chi connectivity index (χ0v) is 11.0. The Bertz CT molecular complexity index is 239. The zero-order chi connectivity index (χ0) is 11.6. The lowest BCUT2D eigenvalue weighted by molar-refractivity contribution is 0.0176. The quantitative estimate of drug-likeness (QED) is 0.744. The summed E-state index contributed by atoms with van der Waals surface area (Å²) < 4.78 is 5.26. The molecule has 0 spiro atoms. The lowest BCUT2D eigenvalue weighted by Gasteiger charge is -2.27. The van der Waals surface area contributed by atoms with Crippen molar-refractivity contribution in [3.05, 3.63) is 0 Å². The molecule has 1 aliphatic heterocycles. The van der Waals surface area contributed by atoms with Crippen molar-refractivity contribution in [3.63, 3.8) is 0 Å². The highest BCUT2D eigenvalue weighted by Crippen LogP contribution is 2.25. The molecule has 1 N–H and O–H groups in total. The highest BCUT2D eigenvalue weighted by atomic mass is 79.9. The van der Waals surface area contributed by atoms with Gasteiger partial charge in [0.2, 0.25) is 0 Å². The molecule has 0 aliphatic carbocycles. The summed E-state index contributed by atoms with van der Waals surface area (Å²) in [5.41, 5.74) is -0.485. The van der Waals surface area contributed by atoms with Crippen molar-refractivity contribution in [3.8, 4) is 0 Å². The highest BCUT2D eigenvalue weighted by Gasteiger charge is 2.35. The molecule has 15 heavy (non-hydrogen) atoms. The van der Waals surface area contributed by atoms with Gasteiger partial charge in [-0.1, -0.05) is 15.9 Å². The van der Waals surface area contributed by atoms with E-state index in [-0.39, 0.29) is 23.6 Å². The van der Waals surface area contributed by atoms with Gasteiger partial charge in [-0.25, -0.2) is 4.79 Å². The molecule has 1 fully saturated rings. The van der Waals surface area contributed by atoms with E-state index in [0.717, 1.165) is 6.42 Å². The number of ether oxygens (including phenoxy) is 1. The van der Waals surface area contributed by atoms with Gasteiger partial charge in [0.15, 0.2) is 0 Å². The van der Waals surface area contributed by atoms with Crippen molar-refractivity contribution < 1.29 is 14.6 Å². The Balaban J connectivity index is 2.59. The molecular formula is C10H18BrNO3. The minimum atomic E-state index is -0.485. The van der Waals surface area contributed by atoms with E-state index in [1.165, 1.54) is 0 Å². The van der Waals surface area contributed by atoms with E-state index >= 15 is 0 Å². The molecule has 0 saturated carbocycles. The molecule has 5 heteroatoms. The summed E-state index contributed by atoms with van der Waals surface area (Å²) in [7, 11) is 0. The molecule has 0 radical (unpaired) electrons. The summed E-state index contributed by atoms with van der Waals surface area (Å²) in [6, 6.07) is -0.121. The van der Waals surface area contributed by atoms with E-state index in [0.29, 0.717) is 6.54 Å². The van der Waals surface area contributed by atoms with Gasteiger partial charge in [0.05, 0.1) is 12.6 Å². The second kappa shape index (κ2) is 4.70. The number of hydrogen-bond donors (Lipinski definition) is 1. The maximum absolute atomic E-state index is 11.7. The molecule has 1 saturated heterocycles. The van der Waals surface area contributed by atoms with Gasteiger partial charge >= 0.3 is 6.09 Å². The molecule has 1 rings (SSSR count). The first-order valence-corrected chi connectivity index (χ1v) is 5.99. The van der Waals surface area contributed by atoms with Gasteiger partial charge in [-0.3, -0.25) is 0 Å². The lowest BCUT2D eigenvalue weighted by atomic mass is 10.2. The summed E-state index contributed by atoms with van der Waals surface area (Å²) >= 11 is 3.45. The van der Waals surface area contributed by atoms with Crippen LogP contribution in [0, 0.1) is 0 Å². The number of halogens is 1. The molecule has 88 valence electrons. The highest BCUT2D eigenvalue weighted by molar-refractivity contribution is 9.09. The van der Waals surface area contributed by atoms with Crippen molar-refractivity contribution in [2.24, 2.45) is 0 Å². The van der Waals surface area contributed by atoms with Gasteiger partial charge in [-0.15, -0.1) is 0 Å². The molecule has 2 atom stereocenters. The van der Waals surface area contributed by atoms with Gasteiger partial charge in [0.25, 0.3) is 0 Å². The second-order valence-corrected chi connectivity index (χ2v) is 6.10. The van der Waals surface area contributed by atoms with Crippen LogP contribution in [0.1, 0.15) is 27.2 Å². The van der Waals surface area contributed by atoms with Crippen molar-refractivity contribution >= 4 is 22.0 Å². The van der Waals surface area contributed by atoms with Crippen molar-refractivity contribution in [2.45, 2.75) is 43.7 Å². The van der Waals surface area contributed by atoms with Crippen LogP contribution in [-0.4, -0.2) is 45.7 Å². The van der Waals surface area contributed by atoms with E-state index in [9.17, 15) is 4.79 Å².